The van der Waals surface area contributed by atoms with E-state index in [-0.39, 0.29) is 9.79 Å². The Morgan fingerprint density at radius 2 is 1.36 bits per heavy atom. The number of benzene rings is 3. The van der Waals surface area contributed by atoms with Gasteiger partial charge in [0.05, 0.1) is 15.5 Å². The molecule has 144 valence electrons. The van der Waals surface area contributed by atoms with Crippen molar-refractivity contribution in [1.82, 2.24) is 0 Å². The lowest BCUT2D eigenvalue weighted by Gasteiger charge is -2.19. The second-order valence-corrected chi connectivity index (χ2v) is 9.94. The molecule has 8 heteroatoms. The van der Waals surface area contributed by atoms with E-state index < -0.39 is 20.0 Å². The molecule has 0 amide bonds. The van der Waals surface area contributed by atoms with Gasteiger partial charge in [-0.3, -0.25) is 9.03 Å². The van der Waals surface area contributed by atoms with Crippen molar-refractivity contribution >= 4 is 31.4 Å². The number of anilines is 2. The summed E-state index contributed by atoms with van der Waals surface area (Å²) < 4.78 is 54.6. The molecule has 0 fully saturated rings. The highest BCUT2D eigenvalue weighted by Gasteiger charge is 2.30. The first-order valence-corrected chi connectivity index (χ1v) is 11.6. The lowest BCUT2D eigenvalue weighted by Crippen LogP contribution is -2.29. The first kappa shape index (κ1) is 18.5. The Morgan fingerprint density at radius 1 is 0.714 bits per heavy atom. The molecule has 1 N–H and O–H groups in total. The van der Waals surface area contributed by atoms with Gasteiger partial charge in [-0.25, -0.2) is 16.8 Å². The lowest BCUT2D eigenvalue weighted by atomic mass is 10.2. The molecule has 1 aliphatic rings. The summed E-state index contributed by atoms with van der Waals surface area (Å²) in [6.07, 6.45) is 0.671. The molecule has 0 spiro atoms. The Bertz CT molecular complexity index is 1210. The third kappa shape index (κ3) is 3.36. The number of hydrogen-bond donors (Lipinski definition) is 1. The normalized spacial score (nSPS) is 13.9. The smallest absolute Gasteiger partial charge is 0.264 e. The highest BCUT2D eigenvalue weighted by Crippen LogP contribution is 2.33. The molecule has 0 aliphatic carbocycles. The van der Waals surface area contributed by atoms with E-state index in [2.05, 4.69) is 4.72 Å². The van der Waals surface area contributed by atoms with Crippen molar-refractivity contribution in [2.24, 2.45) is 0 Å². The molecule has 1 aliphatic heterocycles. The van der Waals surface area contributed by atoms with Gasteiger partial charge < -0.3 is 0 Å². The number of para-hydroxylation sites is 1. The van der Waals surface area contributed by atoms with E-state index in [9.17, 15) is 16.8 Å². The number of rotatable bonds is 5. The standard InChI is InChI=1S/C20H18N2O4S2/c23-27(24,18-7-2-1-3-8-18)21-17-10-12-19(13-11-17)28(25,26)22-15-14-16-6-4-5-9-20(16)22/h1-13,21H,14-15H2. The second-order valence-electron chi connectivity index (χ2n) is 6.40. The zero-order valence-electron chi connectivity index (χ0n) is 14.8. The van der Waals surface area contributed by atoms with Crippen LogP contribution >= 0.6 is 0 Å². The van der Waals surface area contributed by atoms with Crippen LogP contribution in [0.1, 0.15) is 5.56 Å². The minimum Gasteiger partial charge on any atom is -0.280 e. The van der Waals surface area contributed by atoms with Crippen LogP contribution in [0.5, 0.6) is 0 Å². The molecular weight excluding hydrogens is 396 g/mol. The molecule has 0 unspecified atom stereocenters. The summed E-state index contributed by atoms with van der Waals surface area (Å²) in [6, 6.07) is 21.2. The summed E-state index contributed by atoms with van der Waals surface area (Å²) in [6.45, 7) is 0.393. The van der Waals surface area contributed by atoms with Gasteiger partial charge in [-0.15, -0.1) is 0 Å². The Balaban J connectivity index is 1.59. The van der Waals surface area contributed by atoms with Crippen molar-refractivity contribution in [3.63, 3.8) is 0 Å². The van der Waals surface area contributed by atoms with Crippen LogP contribution in [0, 0.1) is 0 Å². The van der Waals surface area contributed by atoms with E-state index in [0.29, 0.717) is 24.3 Å². The van der Waals surface area contributed by atoms with Gasteiger partial charge in [0.2, 0.25) is 0 Å². The van der Waals surface area contributed by atoms with Gasteiger partial charge in [0, 0.05) is 12.2 Å². The van der Waals surface area contributed by atoms with Crippen LogP contribution in [0.15, 0.2) is 88.7 Å². The highest BCUT2D eigenvalue weighted by atomic mass is 32.2. The zero-order valence-corrected chi connectivity index (χ0v) is 16.4. The Labute approximate surface area is 164 Å². The Morgan fingerprint density at radius 3 is 2.07 bits per heavy atom. The van der Waals surface area contributed by atoms with Gasteiger partial charge in [-0.05, 0) is 54.4 Å². The monoisotopic (exact) mass is 414 g/mol. The predicted octanol–water partition coefficient (Wildman–Crippen LogP) is 3.24. The molecule has 0 atom stereocenters. The predicted molar refractivity (Wildman–Crippen MR) is 108 cm³/mol. The summed E-state index contributed by atoms with van der Waals surface area (Å²) in [5, 5.41) is 0. The fourth-order valence-electron chi connectivity index (χ4n) is 3.19. The fraction of sp³-hybridized carbons (Fsp3) is 0.100. The van der Waals surface area contributed by atoms with Crippen molar-refractivity contribution < 1.29 is 16.8 Å². The van der Waals surface area contributed by atoms with E-state index in [1.807, 2.05) is 18.2 Å². The third-order valence-corrected chi connectivity index (χ3v) is 7.82. The molecule has 4 rings (SSSR count). The lowest BCUT2D eigenvalue weighted by molar-refractivity contribution is 0.592. The Hall–Kier alpha value is -2.84. The maximum Gasteiger partial charge on any atom is 0.264 e. The number of nitrogens with one attached hydrogen (secondary N) is 1. The summed E-state index contributed by atoms with van der Waals surface area (Å²) in [5.41, 5.74) is 1.99. The van der Waals surface area contributed by atoms with Crippen LogP contribution in [0.4, 0.5) is 11.4 Å². The fourth-order valence-corrected chi connectivity index (χ4v) is 5.78. The zero-order chi connectivity index (χ0) is 19.8. The maximum absolute atomic E-state index is 13.0. The summed E-state index contributed by atoms with van der Waals surface area (Å²) >= 11 is 0. The quantitative estimate of drug-likeness (QED) is 0.695. The van der Waals surface area contributed by atoms with Crippen molar-refractivity contribution in [2.45, 2.75) is 16.2 Å². The molecular formula is C20H18N2O4S2. The molecule has 0 saturated heterocycles. The van der Waals surface area contributed by atoms with Crippen LogP contribution in [-0.4, -0.2) is 23.4 Å². The van der Waals surface area contributed by atoms with Crippen molar-refractivity contribution in [2.75, 3.05) is 15.6 Å². The van der Waals surface area contributed by atoms with E-state index in [0.717, 1.165) is 5.56 Å². The van der Waals surface area contributed by atoms with Gasteiger partial charge in [-0.1, -0.05) is 36.4 Å². The summed E-state index contributed by atoms with van der Waals surface area (Å²) in [7, 11) is -7.44. The molecule has 0 bridgehead atoms. The van der Waals surface area contributed by atoms with Gasteiger partial charge in [0.1, 0.15) is 0 Å². The minimum atomic E-state index is -3.73. The van der Waals surface area contributed by atoms with Crippen LogP contribution in [0.3, 0.4) is 0 Å². The maximum atomic E-state index is 13.0. The number of hydrogen-bond acceptors (Lipinski definition) is 4. The summed E-state index contributed by atoms with van der Waals surface area (Å²) in [5.74, 6) is 0. The highest BCUT2D eigenvalue weighted by molar-refractivity contribution is 7.93. The number of nitrogens with zero attached hydrogens (tertiary/aromatic N) is 1. The average Bonchev–Trinajstić information content (AvgIpc) is 3.14. The van der Waals surface area contributed by atoms with Crippen molar-refractivity contribution in [3.05, 3.63) is 84.4 Å². The van der Waals surface area contributed by atoms with Gasteiger partial charge in [-0.2, -0.15) is 0 Å². The van der Waals surface area contributed by atoms with Gasteiger partial charge in [0.15, 0.2) is 0 Å². The molecule has 1 heterocycles. The summed E-state index contributed by atoms with van der Waals surface area (Å²) in [4.78, 5) is 0.257. The molecule has 0 radical (unpaired) electrons. The molecule has 0 aromatic heterocycles. The van der Waals surface area contributed by atoms with Crippen molar-refractivity contribution in [1.29, 1.82) is 0 Å². The van der Waals surface area contributed by atoms with E-state index in [1.165, 1.54) is 40.7 Å². The molecule has 28 heavy (non-hydrogen) atoms. The van der Waals surface area contributed by atoms with Crippen LogP contribution in [0.2, 0.25) is 0 Å². The van der Waals surface area contributed by atoms with Crippen LogP contribution in [-0.2, 0) is 26.5 Å². The molecule has 6 nitrogen and oxygen atoms in total. The molecule has 3 aromatic rings. The van der Waals surface area contributed by atoms with E-state index in [1.54, 1.807) is 24.3 Å². The Kier molecular flexibility index (Phi) is 4.60. The second kappa shape index (κ2) is 6.96. The third-order valence-electron chi connectivity index (χ3n) is 4.59. The average molecular weight is 415 g/mol. The number of fused-ring (bicyclic) bond motifs is 1. The minimum absolute atomic E-state index is 0.117. The van der Waals surface area contributed by atoms with Gasteiger partial charge >= 0.3 is 0 Å². The SMILES string of the molecule is O=S(=O)(Nc1ccc(S(=O)(=O)N2CCc3ccccc32)cc1)c1ccccc1. The van der Waals surface area contributed by atoms with Crippen molar-refractivity contribution in [3.8, 4) is 0 Å². The topological polar surface area (TPSA) is 83.5 Å². The van der Waals surface area contributed by atoms with E-state index in [4.69, 9.17) is 0 Å². The first-order chi connectivity index (χ1) is 13.4. The molecule has 0 saturated carbocycles. The van der Waals surface area contributed by atoms with Gasteiger partial charge in [0.25, 0.3) is 20.0 Å². The molecule has 3 aromatic carbocycles. The largest absolute Gasteiger partial charge is 0.280 e. The first-order valence-electron chi connectivity index (χ1n) is 8.66. The van der Waals surface area contributed by atoms with Crippen LogP contribution in [0.25, 0.3) is 0 Å². The van der Waals surface area contributed by atoms with E-state index >= 15 is 0 Å². The van der Waals surface area contributed by atoms with Crippen LogP contribution < -0.4 is 9.03 Å². The number of sulfonamides is 2.